The van der Waals surface area contributed by atoms with Gasteiger partial charge in [0.1, 0.15) is 0 Å². The van der Waals surface area contributed by atoms with Gasteiger partial charge in [0.25, 0.3) is 5.91 Å². The van der Waals surface area contributed by atoms with Crippen LogP contribution in [0, 0.1) is 6.92 Å². The molecule has 1 aliphatic heterocycles. The van der Waals surface area contributed by atoms with E-state index in [0.29, 0.717) is 16.3 Å². The summed E-state index contributed by atoms with van der Waals surface area (Å²) in [6.45, 7) is 3.45. The van der Waals surface area contributed by atoms with Gasteiger partial charge in [-0.3, -0.25) is 9.59 Å². The first-order valence-corrected chi connectivity index (χ1v) is 8.86. The SMILES string of the molecule is Cc1cccc(NC(=O)Cc2ccccc2Cl)c1C(=O)N1CCCC1. The van der Waals surface area contributed by atoms with E-state index < -0.39 is 0 Å². The zero-order chi connectivity index (χ0) is 17.8. The zero-order valence-corrected chi connectivity index (χ0v) is 15.0. The molecule has 1 saturated heterocycles. The lowest BCUT2D eigenvalue weighted by atomic mass is 10.0. The molecule has 25 heavy (non-hydrogen) atoms. The minimum atomic E-state index is -0.186. The van der Waals surface area contributed by atoms with Crippen molar-refractivity contribution in [3.8, 4) is 0 Å². The van der Waals surface area contributed by atoms with E-state index in [9.17, 15) is 9.59 Å². The summed E-state index contributed by atoms with van der Waals surface area (Å²) >= 11 is 6.12. The van der Waals surface area contributed by atoms with Crippen molar-refractivity contribution in [2.24, 2.45) is 0 Å². The van der Waals surface area contributed by atoms with Gasteiger partial charge < -0.3 is 10.2 Å². The predicted molar refractivity (Wildman–Crippen MR) is 100 cm³/mol. The van der Waals surface area contributed by atoms with Gasteiger partial charge in [-0.25, -0.2) is 0 Å². The van der Waals surface area contributed by atoms with Crippen LogP contribution in [0.2, 0.25) is 5.02 Å². The molecule has 0 bridgehead atoms. The first-order valence-electron chi connectivity index (χ1n) is 8.48. The molecule has 2 aromatic carbocycles. The Hall–Kier alpha value is -2.33. The lowest BCUT2D eigenvalue weighted by Crippen LogP contribution is -2.29. The standard InChI is InChI=1S/C20H21ClN2O2/c1-14-7-6-10-17(19(14)20(25)23-11-4-5-12-23)22-18(24)13-15-8-2-3-9-16(15)21/h2-3,6-10H,4-5,11-13H2,1H3,(H,22,24). The number of aryl methyl sites for hydroxylation is 1. The van der Waals surface area contributed by atoms with Crippen molar-refractivity contribution in [3.05, 3.63) is 64.2 Å². The van der Waals surface area contributed by atoms with Gasteiger partial charge in [-0.05, 0) is 43.0 Å². The molecular formula is C20H21ClN2O2. The fourth-order valence-electron chi connectivity index (χ4n) is 3.14. The molecule has 0 aliphatic carbocycles. The van der Waals surface area contributed by atoms with E-state index >= 15 is 0 Å². The Morgan fingerprint density at radius 3 is 2.52 bits per heavy atom. The van der Waals surface area contributed by atoms with E-state index in [0.717, 1.165) is 37.1 Å². The van der Waals surface area contributed by atoms with Crippen LogP contribution in [0.5, 0.6) is 0 Å². The van der Waals surface area contributed by atoms with Crippen molar-refractivity contribution in [3.63, 3.8) is 0 Å². The number of carbonyl (C=O) groups excluding carboxylic acids is 2. The molecule has 1 heterocycles. The van der Waals surface area contributed by atoms with Crippen molar-refractivity contribution in [2.75, 3.05) is 18.4 Å². The highest BCUT2D eigenvalue weighted by molar-refractivity contribution is 6.31. The number of amides is 2. The van der Waals surface area contributed by atoms with Crippen LogP contribution < -0.4 is 5.32 Å². The number of hydrogen-bond donors (Lipinski definition) is 1. The molecule has 0 radical (unpaired) electrons. The summed E-state index contributed by atoms with van der Waals surface area (Å²) in [7, 11) is 0. The third kappa shape index (κ3) is 4.02. The van der Waals surface area contributed by atoms with Crippen molar-refractivity contribution in [2.45, 2.75) is 26.2 Å². The molecular weight excluding hydrogens is 336 g/mol. The molecule has 1 aliphatic rings. The minimum Gasteiger partial charge on any atom is -0.339 e. The molecule has 3 rings (SSSR count). The first-order chi connectivity index (χ1) is 12.1. The third-order valence-corrected chi connectivity index (χ3v) is 4.83. The number of nitrogens with zero attached hydrogens (tertiary/aromatic N) is 1. The summed E-state index contributed by atoms with van der Waals surface area (Å²) in [6.07, 6.45) is 2.24. The van der Waals surface area contributed by atoms with E-state index in [1.807, 2.05) is 42.2 Å². The van der Waals surface area contributed by atoms with E-state index in [1.165, 1.54) is 0 Å². The van der Waals surface area contributed by atoms with Crippen LogP contribution in [0.4, 0.5) is 5.69 Å². The number of halogens is 1. The smallest absolute Gasteiger partial charge is 0.256 e. The molecule has 130 valence electrons. The second-order valence-electron chi connectivity index (χ2n) is 6.31. The highest BCUT2D eigenvalue weighted by Crippen LogP contribution is 2.24. The van der Waals surface area contributed by atoms with E-state index in [4.69, 9.17) is 11.6 Å². The summed E-state index contributed by atoms with van der Waals surface area (Å²) in [5.74, 6) is -0.196. The summed E-state index contributed by atoms with van der Waals surface area (Å²) in [4.78, 5) is 27.1. The maximum absolute atomic E-state index is 12.8. The number of benzene rings is 2. The lowest BCUT2D eigenvalue weighted by molar-refractivity contribution is -0.115. The highest BCUT2D eigenvalue weighted by Gasteiger charge is 2.24. The summed E-state index contributed by atoms with van der Waals surface area (Å²) in [5.41, 5.74) is 2.78. The number of hydrogen-bond acceptors (Lipinski definition) is 2. The second kappa shape index (κ2) is 7.70. The number of likely N-dealkylation sites (tertiary alicyclic amines) is 1. The molecule has 0 spiro atoms. The van der Waals surface area contributed by atoms with Gasteiger partial charge in [-0.1, -0.05) is 41.9 Å². The molecule has 2 amide bonds. The molecule has 5 heteroatoms. The zero-order valence-electron chi connectivity index (χ0n) is 14.2. The van der Waals surface area contributed by atoms with Gasteiger partial charge in [0.05, 0.1) is 17.7 Å². The summed E-state index contributed by atoms with van der Waals surface area (Å²) < 4.78 is 0. The minimum absolute atomic E-state index is 0.0105. The normalized spacial score (nSPS) is 13.8. The molecule has 4 nitrogen and oxygen atoms in total. The van der Waals surface area contributed by atoms with Crippen LogP contribution >= 0.6 is 11.6 Å². The van der Waals surface area contributed by atoms with E-state index in [-0.39, 0.29) is 18.2 Å². The van der Waals surface area contributed by atoms with Gasteiger partial charge in [-0.15, -0.1) is 0 Å². The topological polar surface area (TPSA) is 49.4 Å². The summed E-state index contributed by atoms with van der Waals surface area (Å²) in [5, 5.41) is 3.45. The maximum atomic E-state index is 12.8. The Morgan fingerprint density at radius 2 is 1.80 bits per heavy atom. The molecule has 0 unspecified atom stereocenters. The highest BCUT2D eigenvalue weighted by atomic mass is 35.5. The van der Waals surface area contributed by atoms with Crippen molar-refractivity contribution >= 4 is 29.1 Å². The monoisotopic (exact) mass is 356 g/mol. The Bertz CT molecular complexity index is 798. The molecule has 0 saturated carbocycles. The van der Waals surface area contributed by atoms with Gasteiger partial charge in [0, 0.05) is 18.1 Å². The Labute approximate surface area is 152 Å². The second-order valence-corrected chi connectivity index (χ2v) is 6.72. The fourth-order valence-corrected chi connectivity index (χ4v) is 3.35. The number of carbonyl (C=O) groups is 2. The van der Waals surface area contributed by atoms with Gasteiger partial charge in [0.2, 0.25) is 5.91 Å². The molecule has 1 fully saturated rings. The van der Waals surface area contributed by atoms with Crippen molar-refractivity contribution in [1.29, 1.82) is 0 Å². The van der Waals surface area contributed by atoms with Crippen LogP contribution in [0.25, 0.3) is 0 Å². The van der Waals surface area contributed by atoms with Crippen molar-refractivity contribution < 1.29 is 9.59 Å². The van der Waals surface area contributed by atoms with Crippen LogP contribution in [0.3, 0.4) is 0 Å². The average molecular weight is 357 g/mol. The van der Waals surface area contributed by atoms with Crippen LogP contribution in [0.1, 0.15) is 34.3 Å². The van der Waals surface area contributed by atoms with Gasteiger partial charge in [0.15, 0.2) is 0 Å². The fraction of sp³-hybridized carbons (Fsp3) is 0.300. The predicted octanol–water partition coefficient (Wildman–Crippen LogP) is 4.07. The van der Waals surface area contributed by atoms with E-state index in [1.54, 1.807) is 12.1 Å². The van der Waals surface area contributed by atoms with E-state index in [2.05, 4.69) is 5.32 Å². The summed E-state index contributed by atoms with van der Waals surface area (Å²) in [6, 6.07) is 12.8. The number of nitrogens with one attached hydrogen (secondary N) is 1. The average Bonchev–Trinajstić information content (AvgIpc) is 3.11. The molecule has 0 aromatic heterocycles. The van der Waals surface area contributed by atoms with Crippen LogP contribution in [-0.4, -0.2) is 29.8 Å². The quantitative estimate of drug-likeness (QED) is 0.897. The number of rotatable bonds is 4. The van der Waals surface area contributed by atoms with Gasteiger partial charge >= 0.3 is 0 Å². The number of anilines is 1. The third-order valence-electron chi connectivity index (χ3n) is 4.46. The first kappa shape index (κ1) is 17.5. The Balaban J connectivity index is 1.80. The van der Waals surface area contributed by atoms with Crippen molar-refractivity contribution in [1.82, 2.24) is 4.90 Å². The maximum Gasteiger partial charge on any atom is 0.256 e. The van der Waals surface area contributed by atoms with Gasteiger partial charge in [-0.2, -0.15) is 0 Å². The van der Waals surface area contributed by atoms with Crippen LogP contribution in [0.15, 0.2) is 42.5 Å². The Kier molecular flexibility index (Phi) is 5.39. The van der Waals surface area contributed by atoms with Crippen LogP contribution in [-0.2, 0) is 11.2 Å². The lowest BCUT2D eigenvalue weighted by Gasteiger charge is -2.19. The molecule has 1 N–H and O–H groups in total. The Morgan fingerprint density at radius 1 is 1.08 bits per heavy atom. The molecule has 2 aromatic rings. The molecule has 0 atom stereocenters. The largest absolute Gasteiger partial charge is 0.339 e.